The summed E-state index contributed by atoms with van der Waals surface area (Å²) in [5.74, 6) is -1.26. The van der Waals surface area contributed by atoms with Gasteiger partial charge in [0.2, 0.25) is 0 Å². The second-order valence-electron chi connectivity index (χ2n) is 4.98. The third kappa shape index (κ3) is 4.32. The van der Waals surface area contributed by atoms with Crippen LogP contribution >= 0.6 is 11.3 Å². The van der Waals surface area contributed by atoms with Crippen LogP contribution in [0.2, 0.25) is 0 Å². The van der Waals surface area contributed by atoms with E-state index in [9.17, 15) is 9.59 Å². The standard InChI is InChI=1S/C15H21NO4S/c1-9(2)8-16(7-6-12(17)18)14-13(15(19)20-5)10(3)11(4)21-14/h1,6-8H2,2-5H3,(H,17,18). The number of methoxy groups -OCH3 is 1. The van der Waals surface area contributed by atoms with Crippen LogP contribution in [0.5, 0.6) is 0 Å². The van der Waals surface area contributed by atoms with Crippen molar-refractivity contribution in [2.75, 3.05) is 25.1 Å². The zero-order chi connectivity index (χ0) is 16.2. The van der Waals surface area contributed by atoms with E-state index in [1.165, 1.54) is 18.4 Å². The van der Waals surface area contributed by atoms with Crippen LogP contribution in [0.4, 0.5) is 5.00 Å². The van der Waals surface area contributed by atoms with Crippen molar-refractivity contribution in [2.24, 2.45) is 0 Å². The predicted octanol–water partition coefficient (Wildman–Crippen LogP) is 3.01. The molecule has 5 nitrogen and oxygen atoms in total. The summed E-state index contributed by atoms with van der Waals surface area (Å²) < 4.78 is 4.85. The van der Waals surface area contributed by atoms with Gasteiger partial charge in [0.1, 0.15) is 5.00 Å². The van der Waals surface area contributed by atoms with E-state index in [0.29, 0.717) is 18.7 Å². The van der Waals surface area contributed by atoms with Crippen LogP contribution in [0.15, 0.2) is 12.2 Å². The molecule has 0 unspecified atom stereocenters. The lowest BCUT2D eigenvalue weighted by atomic mass is 10.1. The summed E-state index contributed by atoms with van der Waals surface area (Å²) in [5.41, 5.74) is 2.30. The van der Waals surface area contributed by atoms with E-state index in [-0.39, 0.29) is 6.42 Å². The summed E-state index contributed by atoms with van der Waals surface area (Å²) in [6, 6.07) is 0. The first-order chi connectivity index (χ1) is 9.77. The van der Waals surface area contributed by atoms with Gasteiger partial charge in [-0.1, -0.05) is 12.2 Å². The van der Waals surface area contributed by atoms with Crippen molar-refractivity contribution in [3.8, 4) is 0 Å². The molecule has 0 fully saturated rings. The quantitative estimate of drug-likeness (QED) is 0.619. The van der Waals surface area contributed by atoms with Crippen LogP contribution in [0.25, 0.3) is 0 Å². The molecule has 1 rings (SSSR count). The molecule has 1 aromatic heterocycles. The van der Waals surface area contributed by atoms with Gasteiger partial charge in [-0.3, -0.25) is 4.79 Å². The van der Waals surface area contributed by atoms with Crippen molar-refractivity contribution < 1.29 is 19.4 Å². The molecule has 116 valence electrons. The van der Waals surface area contributed by atoms with Crippen LogP contribution in [-0.4, -0.2) is 37.2 Å². The number of aryl methyl sites for hydroxylation is 1. The van der Waals surface area contributed by atoms with E-state index >= 15 is 0 Å². The molecule has 6 heteroatoms. The second kappa shape index (κ2) is 7.26. The monoisotopic (exact) mass is 311 g/mol. The fourth-order valence-electron chi connectivity index (χ4n) is 1.98. The highest BCUT2D eigenvalue weighted by Crippen LogP contribution is 2.36. The van der Waals surface area contributed by atoms with Gasteiger partial charge in [-0.05, 0) is 26.3 Å². The highest BCUT2D eigenvalue weighted by atomic mass is 32.1. The van der Waals surface area contributed by atoms with E-state index in [2.05, 4.69) is 6.58 Å². The number of carbonyl (C=O) groups is 2. The van der Waals surface area contributed by atoms with Gasteiger partial charge in [0, 0.05) is 18.0 Å². The third-order valence-corrected chi connectivity index (χ3v) is 4.37. The third-order valence-electron chi connectivity index (χ3n) is 3.10. The molecule has 1 N–H and O–H groups in total. The van der Waals surface area contributed by atoms with Crippen LogP contribution in [0, 0.1) is 13.8 Å². The van der Waals surface area contributed by atoms with Crippen molar-refractivity contribution in [3.05, 3.63) is 28.2 Å². The summed E-state index contributed by atoms with van der Waals surface area (Å²) in [6.45, 7) is 10.4. The molecule has 0 aliphatic rings. The molecular formula is C15H21NO4S. The maximum atomic E-state index is 12.0. The van der Waals surface area contributed by atoms with Crippen LogP contribution in [-0.2, 0) is 9.53 Å². The van der Waals surface area contributed by atoms with E-state index in [1.54, 1.807) is 0 Å². The average Bonchev–Trinajstić information content (AvgIpc) is 2.69. The topological polar surface area (TPSA) is 66.8 Å². The molecular weight excluding hydrogens is 290 g/mol. The Balaban J connectivity index is 3.22. The van der Waals surface area contributed by atoms with Crippen molar-refractivity contribution in [1.82, 2.24) is 0 Å². The molecule has 1 heterocycles. The number of carbonyl (C=O) groups excluding carboxylic acids is 1. The Labute approximate surface area is 128 Å². The van der Waals surface area contributed by atoms with E-state index in [0.717, 1.165) is 21.0 Å². The number of carboxylic acids is 1. The molecule has 0 saturated heterocycles. The van der Waals surface area contributed by atoms with Gasteiger partial charge in [-0.2, -0.15) is 0 Å². The average molecular weight is 311 g/mol. The number of thiophene rings is 1. The van der Waals surface area contributed by atoms with Gasteiger partial charge in [0.25, 0.3) is 0 Å². The first kappa shape index (κ1) is 17.2. The number of ether oxygens (including phenoxy) is 1. The van der Waals surface area contributed by atoms with E-state index in [4.69, 9.17) is 9.84 Å². The highest BCUT2D eigenvalue weighted by Gasteiger charge is 2.24. The van der Waals surface area contributed by atoms with Gasteiger partial charge in [-0.15, -0.1) is 11.3 Å². The Morgan fingerprint density at radius 1 is 1.38 bits per heavy atom. The predicted molar refractivity (Wildman–Crippen MR) is 84.4 cm³/mol. The number of anilines is 1. The largest absolute Gasteiger partial charge is 0.481 e. The van der Waals surface area contributed by atoms with Crippen molar-refractivity contribution in [3.63, 3.8) is 0 Å². The summed E-state index contributed by atoms with van der Waals surface area (Å²) in [7, 11) is 1.35. The first-order valence-electron chi connectivity index (χ1n) is 6.57. The summed E-state index contributed by atoms with van der Waals surface area (Å²) >= 11 is 1.48. The smallest absolute Gasteiger partial charge is 0.341 e. The maximum absolute atomic E-state index is 12.0. The Hall–Kier alpha value is -1.82. The molecule has 0 radical (unpaired) electrons. The molecule has 0 atom stereocenters. The summed E-state index contributed by atoms with van der Waals surface area (Å²) in [6.07, 6.45) is 0.00386. The molecule has 21 heavy (non-hydrogen) atoms. The minimum Gasteiger partial charge on any atom is -0.481 e. The first-order valence-corrected chi connectivity index (χ1v) is 7.39. The van der Waals surface area contributed by atoms with Gasteiger partial charge in [0.15, 0.2) is 0 Å². The zero-order valence-electron chi connectivity index (χ0n) is 12.9. The number of aliphatic carboxylic acids is 1. The summed E-state index contributed by atoms with van der Waals surface area (Å²) in [4.78, 5) is 25.7. The molecule has 0 aliphatic heterocycles. The molecule has 0 spiro atoms. The number of hydrogen-bond donors (Lipinski definition) is 1. The van der Waals surface area contributed by atoms with Crippen molar-refractivity contribution in [2.45, 2.75) is 27.2 Å². The van der Waals surface area contributed by atoms with Gasteiger partial charge < -0.3 is 14.7 Å². The Kier molecular flexibility index (Phi) is 5.96. The Morgan fingerprint density at radius 2 is 2.00 bits per heavy atom. The lowest BCUT2D eigenvalue weighted by molar-refractivity contribution is -0.136. The second-order valence-corrected chi connectivity index (χ2v) is 6.18. The van der Waals surface area contributed by atoms with E-state index < -0.39 is 11.9 Å². The summed E-state index contributed by atoms with van der Waals surface area (Å²) in [5, 5.41) is 9.64. The van der Waals surface area contributed by atoms with Gasteiger partial charge >= 0.3 is 11.9 Å². The van der Waals surface area contributed by atoms with E-state index in [1.807, 2.05) is 25.7 Å². The fourth-order valence-corrected chi connectivity index (χ4v) is 3.15. The minimum absolute atomic E-state index is 0.00386. The normalized spacial score (nSPS) is 10.3. The number of rotatable bonds is 7. The fraction of sp³-hybridized carbons (Fsp3) is 0.467. The Bertz CT molecular complexity index is 562. The molecule has 0 amide bonds. The van der Waals surface area contributed by atoms with Crippen LogP contribution in [0.1, 0.15) is 34.1 Å². The molecule has 0 aromatic carbocycles. The number of nitrogens with zero attached hydrogens (tertiary/aromatic N) is 1. The minimum atomic E-state index is -0.869. The SMILES string of the molecule is C=C(C)CN(CCC(=O)O)c1sc(C)c(C)c1C(=O)OC. The lowest BCUT2D eigenvalue weighted by Gasteiger charge is -2.23. The number of carboxylic acid groups (broad SMARTS) is 1. The number of hydrogen-bond acceptors (Lipinski definition) is 5. The van der Waals surface area contributed by atoms with Crippen molar-refractivity contribution in [1.29, 1.82) is 0 Å². The van der Waals surface area contributed by atoms with Crippen LogP contribution < -0.4 is 4.90 Å². The molecule has 0 aliphatic carbocycles. The molecule has 0 bridgehead atoms. The lowest BCUT2D eigenvalue weighted by Crippen LogP contribution is -2.28. The molecule has 0 saturated carbocycles. The van der Waals surface area contributed by atoms with Gasteiger partial charge in [-0.25, -0.2) is 4.79 Å². The van der Waals surface area contributed by atoms with Crippen molar-refractivity contribution >= 4 is 28.3 Å². The number of esters is 1. The maximum Gasteiger partial charge on any atom is 0.341 e. The Morgan fingerprint density at radius 3 is 2.48 bits per heavy atom. The zero-order valence-corrected chi connectivity index (χ0v) is 13.7. The van der Waals surface area contributed by atoms with Crippen LogP contribution in [0.3, 0.4) is 0 Å². The molecule has 1 aromatic rings. The van der Waals surface area contributed by atoms with Gasteiger partial charge in [0.05, 0.1) is 19.1 Å². The highest BCUT2D eigenvalue weighted by molar-refractivity contribution is 7.16.